The first-order chi connectivity index (χ1) is 10.5. The van der Waals surface area contributed by atoms with Crippen molar-refractivity contribution in [2.75, 3.05) is 32.8 Å². The molecule has 1 aliphatic heterocycles. The number of nitrogens with zero attached hydrogens (tertiary/aromatic N) is 1. The van der Waals surface area contributed by atoms with Gasteiger partial charge >= 0.3 is 5.97 Å². The highest BCUT2D eigenvalue weighted by molar-refractivity contribution is 5.92. The first kappa shape index (κ1) is 18.2. The predicted molar refractivity (Wildman–Crippen MR) is 82.0 cm³/mol. The molecule has 0 saturated carbocycles. The predicted octanol–water partition coefficient (Wildman–Crippen LogP) is -0.322. The van der Waals surface area contributed by atoms with Gasteiger partial charge in [0.1, 0.15) is 6.04 Å². The lowest BCUT2D eigenvalue weighted by molar-refractivity contribution is -0.152. The smallest absolute Gasteiger partial charge is 0.308 e. The lowest BCUT2D eigenvalue weighted by Crippen LogP contribution is -2.59. The molecule has 0 spiro atoms. The van der Waals surface area contributed by atoms with Gasteiger partial charge in [0.25, 0.3) is 0 Å². The summed E-state index contributed by atoms with van der Waals surface area (Å²) in [6.45, 7) is 9.13. The molecule has 0 aliphatic carbocycles. The van der Waals surface area contributed by atoms with E-state index in [1.807, 2.05) is 13.8 Å². The number of piperazine rings is 1. The molecular weight excluding hydrogens is 286 g/mol. The summed E-state index contributed by atoms with van der Waals surface area (Å²) in [6, 6.07) is -0.800. The Morgan fingerprint density at radius 2 is 2.27 bits per heavy atom. The zero-order chi connectivity index (χ0) is 16.5. The first-order valence-corrected chi connectivity index (χ1v) is 7.50. The monoisotopic (exact) mass is 311 g/mol. The fraction of sp³-hybridized carbons (Fsp3) is 0.667. The lowest BCUT2D eigenvalue weighted by Gasteiger charge is -2.34. The van der Waals surface area contributed by atoms with Crippen LogP contribution in [0.3, 0.4) is 0 Å². The summed E-state index contributed by atoms with van der Waals surface area (Å²) in [6.07, 6.45) is 1.53. The van der Waals surface area contributed by atoms with Crippen molar-refractivity contribution in [2.24, 2.45) is 5.92 Å². The van der Waals surface area contributed by atoms with Crippen LogP contribution in [0, 0.1) is 5.92 Å². The Labute approximate surface area is 131 Å². The third kappa shape index (κ3) is 5.85. The van der Waals surface area contributed by atoms with E-state index in [2.05, 4.69) is 17.2 Å². The van der Waals surface area contributed by atoms with Gasteiger partial charge in [-0.05, 0) is 5.92 Å². The summed E-state index contributed by atoms with van der Waals surface area (Å²) in [5, 5.41) is 5.58. The van der Waals surface area contributed by atoms with Crippen molar-refractivity contribution in [3.8, 4) is 0 Å². The molecule has 1 unspecified atom stereocenters. The Balaban J connectivity index is 2.60. The summed E-state index contributed by atoms with van der Waals surface area (Å²) in [7, 11) is 0. The van der Waals surface area contributed by atoms with E-state index in [0.29, 0.717) is 26.2 Å². The Kier molecular flexibility index (Phi) is 7.59. The van der Waals surface area contributed by atoms with Crippen LogP contribution in [-0.4, -0.2) is 61.5 Å². The summed E-state index contributed by atoms with van der Waals surface area (Å²) >= 11 is 0. The molecule has 124 valence electrons. The lowest BCUT2D eigenvalue weighted by atomic mass is 10.1. The quantitative estimate of drug-likeness (QED) is 0.364. The van der Waals surface area contributed by atoms with Gasteiger partial charge in [0.15, 0.2) is 0 Å². The van der Waals surface area contributed by atoms with E-state index in [-0.39, 0.29) is 30.7 Å². The molecule has 0 aromatic carbocycles. The zero-order valence-electron chi connectivity index (χ0n) is 13.3. The molecule has 1 rings (SSSR count). The SMILES string of the molecule is C=CCNCC(=O)N1CCNC(=O)C1CC(=O)OCC(C)C. The van der Waals surface area contributed by atoms with Crippen molar-refractivity contribution < 1.29 is 19.1 Å². The molecule has 1 aliphatic rings. The van der Waals surface area contributed by atoms with Crippen LogP contribution in [0.1, 0.15) is 20.3 Å². The van der Waals surface area contributed by atoms with E-state index < -0.39 is 12.0 Å². The molecule has 0 aromatic heterocycles. The molecule has 7 heteroatoms. The molecule has 0 bridgehead atoms. The van der Waals surface area contributed by atoms with Crippen LogP contribution in [0.2, 0.25) is 0 Å². The van der Waals surface area contributed by atoms with Crippen LogP contribution in [0.25, 0.3) is 0 Å². The average molecular weight is 311 g/mol. The van der Waals surface area contributed by atoms with E-state index in [4.69, 9.17) is 4.74 Å². The normalized spacial score (nSPS) is 18.0. The third-order valence-electron chi connectivity index (χ3n) is 3.15. The number of hydrogen-bond acceptors (Lipinski definition) is 5. The first-order valence-electron chi connectivity index (χ1n) is 7.50. The molecule has 1 fully saturated rings. The maximum Gasteiger partial charge on any atom is 0.308 e. The second kappa shape index (κ2) is 9.19. The van der Waals surface area contributed by atoms with Crippen molar-refractivity contribution in [3.05, 3.63) is 12.7 Å². The minimum absolute atomic E-state index is 0.108. The topological polar surface area (TPSA) is 87.7 Å². The number of carbonyl (C=O) groups is 3. The van der Waals surface area contributed by atoms with E-state index in [0.717, 1.165) is 0 Å². The minimum atomic E-state index is -0.800. The Bertz CT molecular complexity index is 423. The number of amides is 2. The summed E-state index contributed by atoms with van der Waals surface area (Å²) in [5.41, 5.74) is 0. The van der Waals surface area contributed by atoms with Crippen molar-refractivity contribution >= 4 is 17.8 Å². The fourth-order valence-electron chi connectivity index (χ4n) is 2.08. The molecular formula is C15H25N3O4. The number of esters is 1. The van der Waals surface area contributed by atoms with Crippen LogP contribution in [0.4, 0.5) is 0 Å². The van der Waals surface area contributed by atoms with Gasteiger partial charge in [-0.25, -0.2) is 0 Å². The van der Waals surface area contributed by atoms with Crippen molar-refractivity contribution in [2.45, 2.75) is 26.3 Å². The van der Waals surface area contributed by atoms with E-state index >= 15 is 0 Å². The third-order valence-corrected chi connectivity index (χ3v) is 3.15. The highest BCUT2D eigenvalue weighted by atomic mass is 16.5. The molecule has 0 radical (unpaired) electrons. The number of nitrogens with one attached hydrogen (secondary N) is 2. The summed E-state index contributed by atoms with van der Waals surface area (Å²) < 4.78 is 5.10. The largest absolute Gasteiger partial charge is 0.465 e. The maximum absolute atomic E-state index is 12.2. The van der Waals surface area contributed by atoms with E-state index in [1.165, 1.54) is 4.90 Å². The Hall–Kier alpha value is -1.89. The Morgan fingerprint density at radius 1 is 1.55 bits per heavy atom. The molecule has 22 heavy (non-hydrogen) atoms. The van der Waals surface area contributed by atoms with Crippen LogP contribution < -0.4 is 10.6 Å². The van der Waals surface area contributed by atoms with E-state index in [1.54, 1.807) is 6.08 Å². The molecule has 1 atom stereocenters. The van der Waals surface area contributed by atoms with Crippen LogP contribution >= 0.6 is 0 Å². The van der Waals surface area contributed by atoms with Crippen LogP contribution in [0.15, 0.2) is 12.7 Å². The molecule has 7 nitrogen and oxygen atoms in total. The number of carbonyl (C=O) groups excluding carboxylic acids is 3. The van der Waals surface area contributed by atoms with Crippen LogP contribution in [0.5, 0.6) is 0 Å². The number of rotatable bonds is 8. The molecule has 0 aromatic rings. The van der Waals surface area contributed by atoms with Gasteiger partial charge in [0.2, 0.25) is 11.8 Å². The van der Waals surface area contributed by atoms with Crippen molar-refractivity contribution in [3.63, 3.8) is 0 Å². The number of ether oxygens (including phenoxy) is 1. The van der Waals surface area contributed by atoms with Crippen molar-refractivity contribution in [1.82, 2.24) is 15.5 Å². The number of hydrogen-bond donors (Lipinski definition) is 2. The van der Waals surface area contributed by atoms with Gasteiger partial charge in [-0.3, -0.25) is 14.4 Å². The average Bonchev–Trinajstić information content (AvgIpc) is 2.47. The summed E-state index contributed by atoms with van der Waals surface area (Å²) in [5.74, 6) is -0.763. The molecule has 2 amide bonds. The highest BCUT2D eigenvalue weighted by Gasteiger charge is 2.34. The second-order valence-corrected chi connectivity index (χ2v) is 5.59. The highest BCUT2D eigenvalue weighted by Crippen LogP contribution is 2.10. The fourth-order valence-corrected chi connectivity index (χ4v) is 2.08. The second-order valence-electron chi connectivity index (χ2n) is 5.59. The Morgan fingerprint density at radius 3 is 2.91 bits per heavy atom. The molecule has 1 saturated heterocycles. The maximum atomic E-state index is 12.2. The van der Waals surface area contributed by atoms with E-state index in [9.17, 15) is 14.4 Å². The van der Waals surface area contributed by atoms with Gasteiger partial charge in [-0.15, -0.1) is 6.58 Å². The molecule has 2 N–H and O–H groups in total. The van der Waals surface area contributed by atoms with Crippen molar-refractivity contribution in [1.29, 1.82) is 0 Å². The van der Waals surface area contributed by atoms with Gasteiger partial charge in [-0.2, -0.15) is 0 Å². The molecule has 1 heterocycles. The van der Waals surface area contributed by atoms with Gasteiger partial charge in [0, 0.05) is 19.6 Å². The summed E-state index contributed by atoms with van der Waals surface area (Å²) in [4.78, 5) is 37.4. The standard InChI is InChI=1S/C15H25N3O4/c1-4-5-16-9-13(19)18-7-6-17-15(21)12(18)8-14(20)22-10-11(2)3/h4,11-12,16H,1,5-10H2,2-3H3,(H,17,21). The van der Waals surface area contributed by atoms with Gasteiger partial charge < -0.3 is 20.3 Å². The van der Waals surface area contributed by atoms with Crippen LogP contribution in [-0.2, 0) is 19.1 Å². The van der Waals surface area contributed by atoms with Gasteiger partial charge in [-0.1, -0.05) is 19.9 Å². The van der Waals surface area contributed by atoms with Gasteiger partial charge in [0.05, 0.1) is 19.6 Å². The minimum Gasteiger partial charge on any atom is -0.465 e. The zero-order valence-corrected chi connectivity index (χ0v) is 13.3.